The van der Waals surface area contributed by atoms with Crippen molar-refractivity contribution in [3.05, 3.63) is 66.4 Å². The van der Waals surface area contributed by atoms with Gasteiger partial charge in [0.25, 0.3) is 0 Å². The normalized spacial score (nSPS) is 15.0. The molecule has 0 atom stereocenters. The zero-order chi connectivity index (χ0) is 22.4. The second kappa shape index (κ2) is 8.12. The maximum absolute atomic E-state index is 4.73. The van der Waals surface area contributed by atoms with E-state index in [-0.39, 0.29) is 0 Å². The molecule has 0 radical (unpaired) electrons. The monoisotopic (exact) mass is 436 g/mol. The van der Waals surface area contributed by atoms with E-state index in [1.165, 1.54) is 43.5 Å². The van der Waals surface area contributed by atoms with Crippen molar-refractivity contribution in [3.63, 3.8) is 0 Å². The minimum absolute atomic E-state index is 0.885. The van der Waals surface area contributed by atoms with Crippen molar-refractivity contribution >= 4 is 21.9 Å². The van der Waals surface area contributed by atoms with Crippen LogP contribution in [0.1, 0.15) is 30.7 Å². The van der Waals surface area contributed by atoms with Gasteiger partial charge >= 0.3 is 0 Å². The van der Waals surface area contributed by atoms with Crippen LogP contribution in [0.2, 0.25) is 0 Å². The Labute approximate surface area is 193 Å². The quantitative estimate of drug-likeness (QED) is 0.406. The van der Waals surface area contributed by atoms with Crippen molar-refractivity contribution in [3.8, 4) is 22.5 Å². The number of hydrogen-bond acceptors (Lipinski definition) is 4. The summed E-state index contributed by atoms with van der Waals surface area (Å²) in [7, 11) is 2.02. The number of pyridine rings is 2. The molecule has 6 rings (SSSR count). The molecular weight excluding hydrogens is 408 g/mol. The second-order valence-electron chi connectivity index (χ2n) is 9.14. The van der Waals surface area contributed by atoms with Gasteiger partial charge in [0, 0.05) is 36.1 Å². The van der Waals surface area contributed by atoms with Gasteiger partial charge in [0.15, 0.2) is 0 Å². The van der Waals surface area contributed by atoms with Crippen LogP contribution in [0.25, 0.3) is 44.5 Å². The van der Waals surface area contributed by atoms with E-state index in [1.807, 2.05) is 32.6 Å². The number of aromatic amines is 1. The van der Waals surface area contributed by atoms with E-state index in [0.717, 1.165) is 51.3 Å². The molecule has 1 aromatic carbocycles. The molecule has 0 amide bonds. The topological polar surface area (TPSA) is 62.6 Å². The average Bonchev–Trinajstić information content (AvgIpc) is 3.39. The fraction of sp³-hybridized carbons (Fsp3) is 0.296. The molecule has 0 bridgehead atoms. The maximum atomic E-state index is 4.73. The van der Waals surface area contributed by atoms with Gasteiger partial charge in [0.05, 0.1) is 29.3 Å². The Balaban J connectivity index is 1.34. The lowest BCUT2D eigenvalue weighted by atomic mass is 10.0. The molecule has 5 aromatic rings. The molecule has 6 heteroatoms. The standard InChI is InChI=1S/C27H28N6/c1-18-28-16-26(32(18)2)24-13-22-23-12-21(14-30-27(23)31-25(22)15-29-24)20-8-6-19(7-9-20)17-33-10-4-3-5-11-33/h6-9,12-16H,3-5,10-11,17H2,1-2H3,(H,30,31). The number of aromatic nitrogens is 5. The zero-order valence-corrected chi connectivity index (χ0v) is 19.2. The second-order valence-corrected chi connectivity index (χ2v) is 9.14. The van der Waals surface area contributed by atoms with Gasteiger partial charge in [-0.2, -0.15) is 0 Å². The third-order valence-electron chi connectivity index (χ3n) is 6.96. The Bertz CT molecular complexity index is 1440. The number of nitrogens with one attached hydrogen (secondary N) is 1. The van der Waals surface area contributed by atoms with Gasteiger partial charge in [-0.15, -0.1) is 0 Å². The van der Waals surface area contributed by atoms with Crippen molar-refractivity contribution in [2.24, 2.45) is 7.05 Å². The van der Waals surface area contributed by atoms with E-state index in [1.54, 1.807) is 0 Å². The highest BCUT2D eigenvalue weighted by Gasteiger charge is 2.13. The highest BCUT2D eigenvalue weighted by molar-refractivity contribution is 6.07. The van der Waals surface area contributed by atoms with Gasteiger partial charge in [-0.3, -0.25) is 9.88 Å². The van der Waals surface area contributed by atoms with Crippen LogP contribution in [0.4, 0.5) is 0 Å². The summed E-state index contributed by atoms with van der Waals surface area (Å²) in [6.07, 6.45) is 9.75. The van der Waals surface area contributed by atoms with Gasteiger partial charge < -0.3 is 9.55 Å². The molecule has 1 aliphatic heterocycles. The number of nitrogens with zero attached hydrogens (tertiary/aromatic N) is 5. The summed E-state index contributed by atoms with van der Waals surface area (Å²) in [5.41, 5.74) is 7.50. The van der Waals surface area contributed by atoms with E-state index in [4.69, 9.17) is 4.98 Å². The highest BCUT2D eigenvalue weighted by Crippen LogP contribution is 2.31. The van der Waals surface area contributed by atoms with Crippen molar-refractivity contribution in [1.82, 2.24) is 29.4 Å². The lowest BCUT2D eigenvalue weighted by molar-refractivity contribution is 0.221. The fourth-order valence-electron chi connectivity index (χ4n) is 4.89. The molecule has 0 saturated carbocycles. The predicted molar refractivity (Wildman–Crippen MR) is 133 cm³/mol. The van der Waals surface area contributed by atoms with Gasteiger partial charge in [0.1, 0.15) is 11.5 Å². The van der Waals surface area contributed by atoms with Crippen molar-refractivity contribution < 1.29 is 0 Å². The van der Waals surface area contributed by atoms with Crippen LogP contribution in [0.15, 0.2) is 55.0 Å². The SMILES string of the molecule is Cc1ncc(-c2cc3c(cn2)[nH]c2ncc(-c4ccc(CN5CCCCC5)cc4)cc23)n1C. The molecule has 166 valence electrons. The smallest absolute Gasteiger partial charge is 0.138 e. The van der Waals surface area contributed by atoms with Crippen LogP contribution in [-0.4, -0.2) is 42.5 Å². The highest BCUT2D eigenvalue weighted by atomic mass is 15.1. The molecular formula is C27H28N6. The van der Waals surface area contributed by atoms with Gasteiger partial charge in [-0.25, -0.2) is 9.97 Å². The number of rotatable bonds is 4. The molecule has 1 N–H and O–H groups in total. The van der Waals surface area contributed by atoms with Gasteiger partial charge in [0.2, 0.25) is 0 Å². The van der Waals surface area contributed by atoms with Crippen molar-refractivity contribution in [2.45, 2.75) is 32.7 Å². The largest absolute Gasteiger partial charge is 0.338 e. The molecule has 4 aromatic heterocycles. The number of H-pyrrole nitrogens is 1. The number of likely N-dealkylation sites (tertiary alicyclic amines) is 1. The first-order chi connectivity index (χ1) is 16.2. The van der Waals surface area contributed by atoms with E-state index in [0.29, 0.717) is 0 Å². The van der Waals surface area contributed by atoms with Crippen LogP contribution in [-0.2, 0) is 13.6 Å². The molecule has 1 fully saturated rings. The minimum atomic E-state index is 0.885. The van der Waals surface area contributed by atoms with E-state index in [9.17, 15) is 0 Å². The lowest BCUT2D eigenvalue weighted by Crippen LogP contribution is -2.28. The number of aryl methyl sites for hydroxylation is 1. The molecule has 0 unspecified atom stereocenters. The van der Waals surface area contributed by atoms with Crippen LogP contribution in [0.5, 0.6) is 0 Å². The number of fused-ring (bicyclic) bond motifs is 3. The first-order valence-electron chi connectivity index (χ1n) is 11.7. The Hall–Kier alpha value is -3.51. The first-order valence-corrected chi connectivity index (χ1v) is 11.7. The Morgan fingerprint density at radius 3 is 2.42 bits per heavy atom. The Morgan fingerprint density at radius 2 is 1.67 bits per heavy atom. The summed E-state index contributed by atoms with van der Waals surface area (Å²) < 4.78 is 2.07. The summed E-state index contributed by atoms with van der Waals surface area (Å²) in [4.78, 5) is 19.8. The molecule has 0 spiro atoms. The third-order valence-corrected chi connectivity index (χ3v) is 6.96. The summed E-state index contributed by atoms with van der Waals surface area (Å²) in [5, 5.41) is 2.24. The van der Waals surface area contributed by atoms with E-state index >= 15 is 0 Å². The lowest BCUT2D eigenvalue weighted by Gasteiger charge is -2.26. The van der Waals surface area contributed by atoms with Crippen LogP contribution in [0.3, 0.4) is 0 Å². The van der Waals surface area contributed by atoms with E-state index in [2.05, 4.69) is 60.8 Å². The fourth-order valence-corrected chi connectivity index (χ4v) is 4.89. The average molecular weight is 437 g/mol. The molecule has 1 saturated heterocycles. The Morgan fingerprint density at radius 1 is 0.848 bits per heavy atom. The van der Waals surface area contributed by atoms with Gasteiger partial charge in [-0.1, -0.05) is 30.7 Å². The Kier molecular flexibility index (Phi) is 4.95. The molecule has 5 heterocycles. The maximum Gasteiger partial charge on any atom is 0.138 e. The number of imidazole rings is 1. The van der Waals surface area contributed by atoms with Crippen molar-refractivity contribution in [2.75, 3.05) is 13.1 Å². The summed E-state index contributed by atoms with van der Waals surface area (Å²) in [6.45, 7) is 5.49. The molecule has 6 nitrogen and oxygen atoms in total. The van der Waals surface area contributed by atoms with Crippen LogP contribution in [0, 0.1) is 6.92 Å². The van der Waals surface area contributed by atoms with Crippen molar-refractivity contribution in [1.29, 1.82) is 0 Å². The molecule has 33 heavy (non-hydrogen) atoms. The summed E-state index contributed by atoms with van der Waals surface area (Å²) in [5.74, 6) is 0.971. The number of piperidine rings is 1. The number of benzene rings is 1. The third kappa shape index (κ3) is 3.70. The minimum Gasteiger partial charge on any atom is -0.338 e. The molecule has 1 aliphatic rings. The first kappa shape index (κ1) is 20.1. The summed E-state index contributed by atoms with van der Waals surface area (Å²) >= 11 is 0. The van der Waals surface area contributed by atoms with E-state index < -0.39 is 0 Å². The zero-order valence-electron chi connectivity index (χ0n) is 19.2. The molecule has 0 aliphatic carbocycles. The summed E-state index contributed by atoms with van der Waals surface area (Å²) in [6, 6.07) is 13.3. The predicted octanol–water partition coefficient (Wildman–Crippen LogP) is 5.47. The van der Waals surface area contributed by atoms with Gasteiger partial charge in [-0.05, 0) is 56.1 Å². The van der Waals surface area contributed by atoms with Crippen LogP contribution >= 0.6 is 0 Å². The number of hydrogen-bond donors (Lipinski definition) is 1. The van der Waals surface area contributed by atoms with Crippen LogP contribution < -0.4 is 0 Å².